The Bertz CT molecular complexity index is 191. The fourth-order valence-electron chi connectivity index (χ4n) is 0.990. The maximum absolute atomic E-state index is 10.4. The van der Waals surface area contributed by atoms with Gasteiger partial charge in [0.25, 0.3) is 0 Å². The highest BCUT2D eigenvalue weighted by molar-refractivity contribution is 5.73. The molecule has 0 radical (unpaired) electrons. The lowest BCUT2D eigenvalue weighted by molar-refractivity contribution is -0.142. The number of carboxylic acids is 1. The van der Waals surface area contributed by atoms with Gasteiger partial charge >= 0.3 is 5.97 Å². The molecule has 0 aromatic carbocycles. The zero-order chi connectivity index (χ0) is 10.4. The van der Waals surface area contributed by atoms with Crippen LogP contribution in [0.4, 0.5) is 0 Å². The van der Waals surface area contributed by atoms with Crippen molar-refractivity contribution in [2.45, 2.75) is 32.4 Å². The van der Waals surface area contributed by atoms with Gasteiger partial charge in [-0.15, -0.1) is 0 Å². The topological polar surface area (TPSA) is 83.5 Å². The molecule has 0 rings (SSSR count). The summed E-state index contributed by atoms with van der Waals surface area (Å²) in [5.41, 5.74) is 5.26. The Labute approximate surface area is 78.1 Å². The van der Waals surface area contributed by atoms with Crippen molar-refractivity contribution >= 4 is 5.97 Å². The molecule has 4 nitrogen and oxygen atoms in total. The van der Waals surface area contributed by atoms with Gasteiger partial charge < -0.3 is 15.9 Å². The number of carboxylic acid groups (broad SMARTS) is 1. The van der Waals surface area contributed by atoms with Gasteiger partial charge in [-0.2, -0.15) is 0 Å². The number of hydrogen-bond donors (Lipinski definition) is 3. The van der Waals surface area contributed by atoms with Crippen molar-refractivity contribution in [3.8, 4) is 0 Å². The Morgan fingerprint density at radius 2 is 2.15 bits per heavy atom. The third-order valence-electron chi connectivity index (χ3n) is 1.98. The van der Waals surface area contributed by atoms with E-state index in [4.69, 9.17) is 10.8 Å². The lowest BCUT2D eigenvalue weighted by Crippen LogP contribution is -2.45. The highest BCUT2D eigenvalue weighted by atomic mass is 16.4. The number of nitrogens with two attached hydrogens (primary N) is 1. The number of rotatable bonds is 5. The fourth-order valence-corrected chi connectivity index (χ4v) is 0.990. The van der Waals surface area contributed by atoms with Gasteiger partial charge in [-0.25, -0.2) is 0 Å². The normalized spacial score (nSPS) is 18.5. The van der Waals surface area contributed by atoms with Crippen molar-refractivity contribution < 1.29 is 15.0 Å². The van der Waals surface area contributed by atoms with E-state index in [1.165, 1.54) is 0 Å². The minimum absolute atomic E-state index is 0.137. The van der Waals surface area contributed by atoms with E-state index < -0.39 is 18.1 Å². The molecule has 3 atom stereocenters. The maximum Gasteiger partial charge on any atom is 0.323 e. The van der Waals surface area contributed by atoms with Gasteiger partial charge in [0.05, 0.1) is 6.10 Å². The van der Waals surface area contributed by atoms with Gasteiger partial charge in [0, 0.05) is 0 Å². The van der Waals surface area contributed by atoms with E-state index in [1.54, 1.807) is 6.92 Å². The van der Waals surface area contributed by atoms with Gasteiger partial charge in [0.2, 0.25) is 0 Å². The van der Waals surface area contributed by atoms with Crippen LogP contribution < -0.4 is 5.73 Å². The standard InChI is InChI=1S/C9H17NO3/c1-3-4-5-6(2)8(11)7(10)9(12)13/h3-4,6-8,11H,5,10H2,1-2H3,(H,12,13). The minimum Gasteiger partial charge on any atom is -0.480 e. The van der Waals surface area contributed by atoms with Gasteiger partial charge in [-0.05, 0) is 19.3 Å². The molecule has 0 aliphatic carbocycles. The van der Waals surface area contributed by atoms with Crippen molar-refractivity contribution in [3.05, 3.63) is 12.2 Å². The van der Waals surface area contributed by atoms with Crippen LogP contribution in [0, 0.1) is 5.92 Å². The van der Waals surface area contributed by atoms with Crippen LogP contribution in [0.1, 0.15) is 20.3 Å². The minimum atomic E-state index is -1.19. The maximum atomic E-state index is 10.4. The molecule has 0 heterocycles. The monoisotopic (exact) mass is 187 g/mol. The molecule has 0 aromatic rings. The first-order chi connectivity index (χ1) is 6.00. The first-order valence-electron chi connectivity index (χ1n) is 4.28. The first-order valence-corrected chi connectivity index (χ1v) is 4.28. The SMILES string of the molecule is CC=CCC(C)C(O)C(N)C(=O)O. The molecule has 0 fully saturated rings. The van der Waals surface area contributed by atoms with E-state index in [0.29, 0.717) is 6.42 Å². The molecule has 0 saturated carbocycles. The molecule has 0 aromatic heterocycles. The molecule has 0 aliphatic rings. The molecule has 13 heavy (non-hydrogen) atoms. The summed E-state index contributed by atoms with van der Waals surface area (Å²) >= 11 is 0. The highest BCUT2D eigenvalue weighted by Crippen LogP contribution is 2.11. The van der Waals surface area contributed by atoms with Crippen LogP contribution >= 0.6 is 0 Å². The summed E-state index contributed by atoms with van der Waals surface area (Å²) in [4.78, 5) is 10.4. The van der Waals surface area contributed by atoms with Gasteiger partial charge in [-0.3, -0.25) is 4.79 Å². The van der Waals surface area contributed by atoms with Crippen molar-refractivity contribution in [2.24, 2.45) is 11.7 Å². The van der Waals surface area contributed by atoms with Crippen molar-refractivity contribution in [1.29, 1.82) is 0 Å². The van der Waals surface area contributed by atoms with Crippen LogP contribution in [0.2, 0.25) is 0 Å². The zero-order valence-electron chi connectivity index (χ0n) is 7.97. The second kappa shape index (κ2) is 5.72. The second-order valence-electron chi connectivity index (χ2n) is 3.14. The van der Waals surface area contributed by atoms with E-state index in [1.807, 2.05) is 19.1 Å². The number of aliphatic hydroxyl groups excluding tert-OH is 1. The van der Waals surface area contributed by atoms with E-state index in [0.717, 1.165) is 0 Å². The molecule has 0 saturated heterocycles. The molecule has 4 heteroatoms. The average molecular weight is 187 g/mol. The number of aliphatic carboxylic acids is 1. The van der Waals surface area contributed by atoms with E-state index >= 15 is 0 Å². The molecule has 76 valence electrons. The molecule has 0 bridgehead atoms. The van der Waals surface area contributed by atoms with E-state index in [-0.39, 0.29) is 5.92 Å². The summed E-state index contributed by atoms with van der Waals surface area (Å²) in [5, 5.41) is 18.0. The third-order valence-corrected chi connectivity index (χ3v) is 1.98. The summed E-state index contributed by atoms with van der Waals surface area (Å²) in [6, 6.07) is -1.19. The molecule has 0 aliphatic heterocycles. The molecule has 4 N–H and O–H groups in total. The second-order valence-corrected chi connectivity index (χ2v) is 3.14. The quantitative estimate of drug-likeness (QED) is 0.543. The van der Waals surface area contributed by atoms with Crippen LogP contribution in [0.15, 0.2) is 12.2 Å². The van der Waals surface area contributed by atoms with Crippen LogP contribution in [0.25, 0.3) is 0 Å². The Balaban J connectivity index is 4.08. The highest BCUT2D eigenvalue weighted by Gasteiger charge is 2.26. The third kappa shape index (κ3) is 4.05. The molecule has 0 amide bonds. The zero-order valence-corrected chi connectivity index (χ0v) is 7.97. The van der Waals surface area contributed by atoms with Crippen LogP contribution in [-0.4, -0.2) is 28.3 Å². The van der Waals surface area contributed by atoms with Gasteiger partial charge in [0.15, 0.2) is 0 Å². The van der Waals surface area contributed by atoms with Crippen LogP contribution in [-0.2, 0) is 4.79 Å². The van der Waals surface area contributed by atoms with Crippen molar-refractivity contribution in [2.75, 3.05) is 0 Å². The Hall–Kier alpha value is -0.870. The summed E-state index contributed by atoms with van der Waals surface area (Å²) in [5.74, 6) is -1.30. The molecular formula is C9H17NO3. The van der Waals surface area contributed by atoms with Crippen LogP contribution in [0.3, 0.4) is 0 Å². The van der Waals surface area contributed by atoms with Gasteiger partial charge in [0.1, 0.15) is 6.04 Å². The summed E-state index contributed by atoms with van der Waals surface area (Å²) in [7, 11) is 0. The first kappa shape index (κ1) is 12.1. The summed E-state index contributed by atoms with van der Waals surface area (Å²) < 4.78 is 0. The summed E-state index contributed by atoms with van der Waals surface area (Å²) in [6.07, 6.45) is 3.38. The molecule has 3 unspecified atom stereocenters. The Kier molecular flexibility index (Phi) is 5.34. The number of aliphatic hydroxyl groups is 1. The molecule has 0 spiro atoms. The number of allylic oxidation sites excluding steroid dienone is 2. The fraction of sp³-hybridized carbons (Fsp3) is 0.667. The van der Waals surface area contributed by atoms with E-state index in [9.17, 15) is 9.90 Å². The van der Waals surface area contributed by atoms with Crippen molar-refractivity contribution in [1.82, 2.24) is 0 Å². The predicted octanol–water partition coefficient (Wildman–Crippen LogP) is 0.362. The van der Waals surface area contributed by atoms with Gasteiger partial charge in [-0.1, -0.05) is 19.1 Å². The number of carbonyl (C=O) groups is 1. The molecular weight excluding hydrogens is 170 g/mol. The lowest BCUT2D eigenvalue weighted by Gasteiger charge is -2.20. The Morgan fingerprint density at radius 3 is 2.54 bits per heavy atom. The largest absolute Gasteiger partial charge is 0.480 e. The lowest BCUT2D eigenvalue weighted by atomic mass is 9.95. The van der Waals surface area contributed by atoms with E-state index in [2.05, 4.69) is 0 Å². The summed E-state index contributed by atoms with van der Waals surface area (Å²) in [6.45, 7) is 3.64. The Morgan fingerprint density at radius 1 is 1.62 bits per heavy atom. The predicted molar refractivity (Wildman–Crippen MR) is 50.2 cm³/mol. The van der Waals surface area contributed by atoms with Crippen LogP contribution in [0.5, 0.6) is 0 Å². The number of hydrogen-bond acceptors (Lipinski definition) is 3. The van der Waals surface area contributed by atoms with Crippen molar-refractivity contribution in [3.63, 3.8) is 0 Å². The smallest absolute Gasteiger partial charge is 0.323 e. The average Bonchev–Trinajstić information content (AvgIpc) is 2.11.